The SMILES string of the molecule is COc1cc(C(=O)N2CCc3sccc3C2C)ccc1OC(F)F. The number of thiophene rings is 1. The van der Waals surface area contributed by atoms with Gasteiger partial charge in [0.2, 0.25) is 0 Å². The van der Waals surface area contributed by atoms with Gasteiger partial charge in [-0.05, 0) is 48.6 Å². The Hall–Kier alpha value is -2.15. The highest BCUT2D eigenvalue weighted by Gasteiger charge is 2.29. The van der Waals surface area contributed by atoms with Crippen LogP contribution in [0.15, 0.2) is 29.6 Å². The number of carbonyl (C=O) groups is 1. The molecule has 0 saturated heterocycles. The molecule has 1 atom stereocenters. The molecule has 0 radical (unpaired) electrons. The van der Waals surface area contributed by atoms with Crippen LogP contribution in [-0.2, 0) is 6.42 Å². The highest BCUT2D eigenvalue weighted by Crippen LogP contribution is 2.35. The van der Waals surface area contributed by atoms with Crippen molar-refractivity contribution in [3.63, 3.8) is 0 Å². The molecule has 0 saturated carbocycles. The molecular weight excluding hydrogens is 336 g/mol. The molecule has 0 N–H and O–H groups in total. The number of hydrogen-bond acceptors (Lipinski definition) is 4. The van der Waals surface area contributed by atoms with E-state index in [9.17, 15) is 13.6 Å². The van der Waals surface area contributed by atoms with Crippen LogP contribution in [0.4, 0.5) is 8.78 Å². The Morgan fingerprint density at radius 1 is 1.33 bits per heavy atom. The fraction of sp³-hybridized carbons (Fsp3) is 0.353. The Morgan fingerprint density at radius 3 is 2.83 bits per heavy atom. The fourth-order valence-corrected chi connectivity index (χ4v) is 3.91. The number of amides is 1. The van der Waals surface area contributed by atoms with E-state index in [4.69, 9.17) is 4.74 Å². The van der Waals surface area contributed by atoms with Crippen molar-refractivity contribution in [1.82, 2.24) is 4.90 Å². The summed E-state index contributed by atoms with van der Waals surface area (Å²) in [4.78, 5) is 15.9. The van der Waals surface area contributed by atoms with Gasteiger partial charge in [0.1, 0.15) is 0 Å². The molecule has 1 aromatic heterocycles. The van der Waals surface area contributed by atoms with E-state index in [0.717, 1.165) is 6.42 Å². The summed E-state index contributed by atoms with van der Waals surface area (Å²) in [5.41, 5.74) is 1.56. The van der Waals surface area contributed by atoms with Gasteiger partial charge in [0.15, 0.2) is 11.5 Å². The third kappa shape index (κ3) is 3.08. The Kier molecular flexibility index (Phi) is 4.71. The van der Waals surface area contributed by atoms with E-state index in [0.29, 0.717) is 12.1 Å². The first-order valence-electron chi connectivity index (χ1n) is 7.51. The summed E-state index contributed by atoms with van der Waals surface area (Å²) in [7, 11) is 1.35. The predicted octanol–water partition coefficient (Wildman–Crippen LogP) is 4.12. The van der Waals surface area contributed by atoms with Crippen molar-refractivity contribution in [3.05, 3.63) is 45.6 Å². The molecule has 0 aliphatic carbocycles. The number of carbonyl (C=O) groups excluding carboxylic acids is 1. The molecule has 128 valence electrons. The van der Waals surface area contributed by atoms with E-state index < -0.39 is 6.61 Å². The van der Waals surface area contributed by atoms with E-state index in [1.165, 1.54) is 35.7 Å². The zero-order chi connectivity index (χ0) is 17.3. The summed E-state index contributed by atoms with van der Waals surface area (Å²) < 4.78 is 34.3. The third-order valence-corrected chi connectivity index (χ3v) is 5.16. The van der Waals surface area contributed by atoms with Crippen LogP contribution in [0.2, 0.25) is 0 Å². The maximum Gasteiger partial charge on any atom is 0.387 e. The average molecular weight is 353 g/mol. The van der Waals surface area contributed by atoms with Crippen molar-refractivity contribution >= 4 is 17.2 Å². The van der Waals surface area contributed by atoms with Gasteiger partial charge in [-0.3, -0.25) is 4.79 Å². The second-order valence-electron chi connectivity index (χ2n) is 5.47. The number of fused-ring (bicyclic) bond motifs is 1. The van der Waals surface area contributed by atoms with Gasteiger partial charge >= 0.3 is 6.61 Å². The van der Waals surface area contributed by atoms with Gasteiger partial charge in [-0.15, -0.1) is 11.3 Å². The largest absolute Gasteiger partial charge is 0.493 e. The first-order valence-corrected chi connectivity index (χ1v) is 8.39. The standard InChI is InChI=1S/C17H17F2NO3S/c1-10-12-6-8-24-15(12)5-7-20(10)16(21)11-3-4-13(23-17(18)19)14(9-11)22-2/h3-4,6,8-10,17H,5,7H2,1-2H3. The van der Waals surface area contributed by atoms with Gasteiger partial charge in [-0.2, -0.15) is 8.78 Å². The molecule has 2 aromatic rings. The Labute approximate surface area is 142 Å². The lowest BCUT2D eigenvalue weighted by Crippen LogP contribution is -2.38. The van der Waals surface area contributed by atoms with Crippen LogP contribution in [0, 0.1) is 0 Å². The molecule has 24 heavy (non-hydrogen) atoms. The maximum atomic E-state index is 12.8. The molecule has 0 spiro atoms. The predicted molar refractivity (Wildman–Crippen MR) is 87.1 cm³/mol. The van der Waals surface area contributed by atoms with Crippen LogP contribution in [0.25, 0.3) is 0 Å². The van der Waals surface area contributed by atoms with E-state index in [1.54, 1.807) is 16.2 Å². The van der Waals surface area contributed by atoms with Gasteiger partial charge in [-0.25, -0.2) is 0 Å². The quantitative estimate of drug-likeness (QED) is 0.830. The van der Waals surface area contributed by atoms with Crippen LogP contribution in [0.5, 0.6) is 11.5 Å². The lowest BCUT2D eigenvalue weighted by molar-refractivity contribution is -0.0512. The number of halogens is 2. The summed E-state index contributed by atoms with van der Waals surface area (Å²) in [6, 6.07) is 6.29. The fourth-order valence-electron chi connectivity index (χ4n) is 2.95. The molecular formula is C17H17F2NO3S. The second kappa shape index (κ2) is 6.76. The lowest BCUT2D eigenvalue weighted by Gasteiger charge is -2.33. The van der Waals surface area contributed by atoms with E-state index in [2.05, 4.69) is 4.74 Å². The van der Waals surface area contributed by atoms with Crippen molar-refractivity contribution in [1.29, 1.82) is 0 Å². The van der Waals surface area contributed by atoms with E-state index in [1.807, 2.05) is 18.4 Å². The van der Waals surface area contributed by atoms with Crippen LogP contribution in [-0.4, -0.2) is 31.1 Å². The molecule has 1 aliphatic heterocycles. The van der Waals surface area contributed by atoms with Crippen molar-refractivity contribution in [2.75, 3.05) is 13.7 Å². The van der Waals surface area contributed by atoms with Crippen LogP contribution in [0.1, 0.15) is 33.8 Å². The Balaban J connectivity index is 1.85. The van der Waals surface area contributed by atoms with Gasteiger partial charge < -0.3 is 14.4 Å². The molecule has 1 amide bonds. The summed E-state index contributed by atoms with van der Waals surface area (Å²) in [6.07, 6.45) is 0.826. The van der Waals surface area contributed by atoms with E-state index >= 15 is 0 Å². The smallest absolute Gasteiger partial charge is 0.387 e. The van der Waals surface area contributed by atoms with Gasteiger partial charge in [-0.1, -0.05) is 0 Å². The topological polar surface area (TPSA) is 38.8 Å². The molecule has 4 nitrogen and oxygen atoms in total. The second-order valence-corrected chi connectivity index (χ2v) is 6.47. The number of rotatable bonds is 4. The summed E-state index contributed by atoms with van der Waals surface area (Å²) >= 11 is 1.71. The van der Waals surface area contributed by atoms with Gasteiger partial charge in [0, 0.05) is 17.0 Å². The summed E-state index contributed by atoms with van der Waals surface area (Å²) in [6.45, 7) is -0.321. The molecule has 0 fully saturated rings. The summed E-state index contributed by atoms with van der Waals surface area (Å²) in [5.74, 6) is -0.126. The average Bonchev–Trinajstić information content (AvgIpc) is 3.04. The number of hydrogen-bond donors (Lipinski definition) is 0. The number of ether oxygens (including phenoxy) is 2. The lowest BCUT2D eigenvalue weighted by atomic mass is 10.0. The highest BCUT2D eigenvalue weighted by atomic mass is 32.1. The monoisotopic (exact) mass is 353 g/mol. The number of benzene rings is 1. The van der Waals surface area contributed by atoms with Crippen LogP contribution >= 0.6 is 11.3 Å². The van der Waals surface area contributed by atoms with Crippen LogP contribution < -0.4 is 9.47 Å². The van der Waals surface area contributed by atoms with E-state index in [-0.39, 0.29) is 23.4 Å². The number of methoxy groups -OCH3 is 1. The van der Waals surface area contributed by atoms with Crippen molar-refractivity contribution < 1.29 is 23.0 Å². The molecule has 1 aromatic carbocycles. The van der Waals surface area contributed by atoms with Gasteiger partial charge in [0.05, 0.1) is 13.2 Å². The normalized spacial score (nSPS) is 16.9. The Morgan fingerprint density at radius 2 is 2.12 bits per heavy atom. The van der Waals surface area contributed by atoms with Gasteiger partial charge in [0.25, 0.3) is 5.91 Å². The molecule has 0 bridgehead atoms. The minimum atomic E-state index is -2.94. The first-order chi connectivity index (χ1) is 11.5. The minimum absolute atomic E-state index is 0.0181. The summed E-state index contributed by atoms with van der Waals surface area (Å²) in [5, 5.41) is 2.04. The third-order valence-electron chi connectivity index (χ3n) is 4.16. The zero-order valence-corrected chi connectivity index (χ0v) is 14.1. The zero-order valence-electron chi connectivity index (χ0n) is 13.3. The molecule has 7 heteroatoms. The molecule has 1 aliphatic rings. The number of alkyl halides is 2. The maximum absolute atomic E-state index is 12.8. The highest BCUT2D eigenvalue weighted by molar-refractivity contribution is 7.10. The Bertz CT molecular complexity index is 747. The number of nitrogens with zero attached hydrogens (tertiary/aromatic N) is 1. The minimum Gasteiger partial charge on any atom is -0.493 e. The molecule has 2 heterocycles. The molecule has 1 unspecified atom stereocenters. The van der Waals surface area contributed by atoms with Crippen molar-refractivity contribution in [2.45, 2.75) is 26.0 Å². The van der Waals surface area contributed by atoms with Crippen LogP contribution in [0.3, 0.4) is 0 Å². The van der Waals surface area contributed by atoms with Crippen molar-refractivity contribution in [3.8, 4) is 11.5 Å². The first kappa shape index (κ1) is 16.7. The molecule has 3 rings (SSSR count). The van der Waals surface area contributed by atoms with Crippen molar-refractivity contribution in [2.24, 2.45) is 0 Å².